The number of carbonyl (C=O) groups excluding carboxylic acids is 1. The number of fused-ring (bicyclic) bond motifs is 1. The van der Waals surface area contributed by atoms with E-state index < -0.39 is 0 Å². The zero-order valence-corrected chi connectivity index (χ0v) is 14.5. The number of benzene rings is 1. The molecule has 132 valence electrons. The van der Waals surface area contributed by atoms with E-state index in [4.69, 9.17) is 10.5 Å². The predicted octanol–water partition coefficient (Wildman–Crippen LogP) is 3.24. The average molecular weight is 355 g/mol. The summed E-state index contributed by atoms with van der Waals surface area (Å²) in [5.74, 6) is 0.787. The van der Waals surface area contributed by atoms with Crippen LogP contribution in [0.2, 0.25) is 0 Å². The molecular formula is C18H24ClFN2O2. The van der Waals surface area contributed by atoms with Crippen LogP contribution in [0, 0.1) is 0 Å². The Hall–Kier alpha value is -1.59. The van der Waals surface area contributed by atoms with Crippen LogP contribution in [-0.2, 0) is 6.42 Å². The third kappa shape index (κ3) is 3.90. The Bertz CT molecular complexity index is 615. The lowest BCUT2D eigenvalue weighted by Crippen LogP contribution is -2.43. The van der Waals surface area contributed by atoms with Crippen molar-refractivity contribution in [2.75, 3.05) is 19.7 Å². The molecule has 0 unspecified atom stereocenters. The fourth-order valence-electron chi connectivity index (χ4n) is 3.45. The summed E-state index contributed by atoms with van der Waals surface area (Å²) in [6.07, 6.45) is 6.03. The average Bonchev–Trinajstić information content (AvgIpc) is 3.10. The van der Waals surface area contributed by atoms with Crippen LogP contribution in [0.15, 0.2) is 30.1 Å². The molecule has 1 aromatic rings. The fraction of sp³-hybridized carbons (Fsp3) is 0.500. The van der Waals surface area contributed by atoms with Crippen molar-refractivity contribution in [3.8, 4) is 5.75 Å². The van der Waals surface area contributed by atoms with Gasteiger partial charge in [0.05, 0.1) is 6.33 Å². The highest BCUT2D eigenvalue weighted by atomic mass is 35.5. The topological polar surface area (TPSA) is 55.6 Å². The minimum atomic E-state index is 0. The van der Waals surface area contributed by atoms with Crippen molar-refractivity contribution in [3.63, 3.8) is 0 Å². The van der Waals surface area contributed by atoms with Crippen LogP contribution in [-0.4, -0.2) is 36.5 Å². The summed E-state index contributed by atoms with van der Waals surface area (Å²) < 4.78 is 18.1. The summed E-state index contributed by atoms with van der Waals surface area (Å²) in [7, 11) is 0. The number of hydrogen-bond donors (Lipinski definition) is 1. The first-order valence-electron chi connectivity index (χ1n) is 8.28. The van der Waals surface area contributed by atoms with Crippen LogP contribution in [0.5, 0.6) is 5.75 Å². The van der Waals surface area contributed by atoms with E-state index in [2.05, 4.69) is 0 Å². The Morgan fingerprint density at radius 2 is 2.12 bits per heavy atom. The Labute approximate surface area is 148 Å². The van der Waals surface area contributed by atoms with Crippen LogP contribution in [0.1, 0.15) is 41.6 Å². The Balaban J connectivity index is 0.00000208. The minimum absolute atomic E-state index is 0. The van der Waals surface area contributed by atoms with Gasteiger partial charge >= 0.3 is 0 Å². The summed E-state index contributed by atoms with van der Waals surface area (Å²) >= 11 is 0. The van der Waals surface area contributed by atoms with Crippen molar-refractivity contribution < 1.29 is 13.9 Å². The lowest BCUT2D eigenvalue weighted by Gasteiger charge is -2.33. The zero-order chi connectivity index (χ0) is 16.2. The van der Waals surface area contributed by atoms with Gasteiger partial charge in [0.2, 0.25) is 0 Å². The number of carbonyl (C=O) groups is 1. The third-order valence-corrected chi connectivity index (χ3v) is 4.80. The van der Waals surface area contributed by atoms with Gasteiger partial charge in [0.25, 0.3) is 5.91 Å². The monoisotopic (exact) mass is 354 g/mol. The molecule has 2 N–H and O–H groups in total. The van der Waals surface area contributed by atoms with Crippen molar-refractivity contribution in [1.82, 2.24) is 4.90 Å². The van der Waals surface area contributed by atoms with E-state index in [0.717, 1.165) is 36.9 Å². The van der Waals surface area contributed by atoms with Crippen LogP contribution >= 0.6 is 12.4 Å². The standard InChI is InChI=1S/C18H23FN2O2.ClH/c19-10-13(11-20)12-23-16-5-6-17-14(9-16)7-8-21(18(17)22)15-3-1-2-4-15;/h5-6,9-10,15H,1-4,7-8,11-12,20H2;1H/b13-10+;. The molecular weight excluding hydrogens is 331 g/mol. The van der Waals surface area contributed by atoms with E-state index in [1.165, 1.54) is 12.8 Å². The van der Waals surface area contributed by atoms with Gasteiger partial charge in [-0.25, -0.2) is 4.39 Å². The third-order valence-electron chi connectivity index (χ3n) is 4.80. The van der Waals surface area contributed by atoms with Crippen molar-refractivity contribution in [3.05, 3.63) is 41.2 Å². The molecule has 4 nitrogen and oxygen atoms in total. The van der Waals surface area contributed by atoms with Crippen molar-refractivity contribution in [2.45, 2.75) is 38.1 Å². The Morgan fingerprint density at radius 1 is 1.38 bits per heavy atom. The normalized spacial score (nSPS) is 18.3. The lowest BCUT2D eigenvalue weighted by atomic mass is 9.97. The van der Waals surface area contributed by atoms with E-state index in [0.29, 0.717) is 23.7 Å². The van der Waals surface area contributed by atoms with Gasteiger partial charge in [-0.2, -0.15) is 0 Å². The fourth-order valence-corrected chi connectivity index (χ4v) is 3.45. The zero-order valence-electron chi connectivity index (χ0n) is 13.7. The van der Waals surface area contributed by atoms with Gasteiger partial charge in [-0.05, 0) is 43.0 Å². The van der Waals surface area contributed by atoms with E-state index >= 15 is 0 Å². The molecule has 0 bridgehead atoms. The number of halogens is 2. The lowest BCUT2D eigenvalue weighted by molar-refractivity contribution is 0.0663. The predicted molar refractivity (Wildman–Crippen MR) is 94.4 cm³/mol. The van der Waals surface area contributed by atoms with E-state index in [-0.39, 0.29) is 31.5 Å². The van der Waals surface area contributed by atoms with Gasteiger partial charge in [0.15, 0.2) is 0 Å². The second kappa shape index (κ2) is 8.49. The first-order valence-corrected chi connectivity index (χ1v) is 8.28. The second-order valence-electron chi connectivity index (χ2n) is 6.27. The molecule has 3 rings (SSSR count). The maximum Gasteiger partial charge on any atom is 0.254 e. The molecule has 1 aliphatic heterocycles. The molecule has 2 aliphatic rings. The Morgan fingerprint density at radius 3 is 2.79 bits per heavy atom. The van der Waals surface area contributed by atoms with Crippen LogP contribution in [0.3, 0.4) is 0 Å². The number of hydrogen-bond acceptors (Lipinski definition) is 3. The molecule has 1 aromatic carbocycles. The number of ether oxygens (including phenoxy) is 1. The molecule has 0 radical (unpaired) electrons. The molecule has 6 heteroatoms. The van der Waals surface area contributed by atoms with Crippen molar-refractivity contribution >= 4 is 18.3 Å². The van der Waals surface area contributed by atoms with Crippen LogP contribution in [0.4, 0.5) is 4.39 Å². The van der Waals surface area contributed by atoms with Crippen LogP contribution < -0.4 is 10.5 Å². The number of nitrogens with two attached hydrogens (primary N) is 1. The SMILES string of the molecule is Cl.NC/C(=C\F)COc1ccc2c(c1)CCN(C1CCCC1)C2=O. The summed E-state index contributed by atoms with van der Waals surface area (Å²) in [5, 5.41) is 0. The number of nitrogens with zero attached hydrogens (tertiary/aromatic N) is 1. The molecule has 1 amide bonds. The molecule has 1 aliphatic carbocycles. The van der Waals surface area contributed by atoms with E-state index in [1.807, 2.05) is 17.0 Å². The maximum absolute atomic E-state index is 12.7. The highest BCUT2D eigenvalue weighted by molar-refractivity contribution is 5.97. The highest BCUT2D eigenvalue weighted by Gasteiger charge is 2.31. The van der Waals surface area contributed by atoms with Crippen molar-refractivity contribution in [2.24, 2.45) is 5.73 Å². The minimum Gasteiger partial charge on any atom is -0.489 e. The highest BCUT2D eigenvalue weighted by Crippen LogP contribution is 2.30. The largest absolute Gasteiger partial charge is 0.489 e. The summed E-state index contributed by atoms with van der Waals surface area (Å²) in [5.41, 5.74) is 7.61. The van der Waals surface area contributed by atoms with Gasteiger partial charge in [-0.1, -0.05) is 12.8 Å². The second-order valence-corrected chi connectivity index (χ2v) is 6.27. The number of rotatable bonds is 5. The molecule has 24 heavy (non-hydrogen) atoms. The smallest absolute Gasteiger partial charge is 0.254 e. The first-order chi connectivity index (χ1) is 11.2. The molecule has 1 saturated carbocycles. The summed E-state index contributed by atoms with van der Waals surface area (Å²) in [6.45, 7) is 1.04. The van der Waals surface area contributed by atoms with Gasteiger partial charge in [0.1, 0.15) is 12.4 Å². The van der Waals surface area contributed by atoms with E-state index in [1.54, 1.807) is 6.07 Å². The summed E-state index contributed by atoms with van der Waals surface area (Å²) in [4.78, 5) is 14.7. The van der Waals surface area contributed by atoms with E-state index in [9.17, 15) is 9.18 Å². The molecule has 0 saturated heterocycles. The first kappa shape index (κ1) is 18.7. The summed E-state index contributed by atoms with van der Waals surface area (Å²) in [6, 6.07) is 5.91. The van der Waals surface area contributed by atoms with Gasteiger partial charge < -0.3 is 15.4 Å². The molecule has 1 fully saturated rings. The molecule has 0 spiro atoms. The quantitative estimate of drug-likeness (QED) is 0.883. The number of amides is 1. The van der Waals surface area contributed by atoms with Gasteiger partial charge in [0, 0.05) is 30.3 Å². The van der Waals surface area contributed by atoms with Crippen molar-refractivity contribution in [1.29, 1.82) is 0 Å². The Kier molecular flexibility index (Phi) is 6.63. The molecule has 1 heterocycles. The van der Waals surface area contributed by atoms with Crippen LogP contribution in [0.25, 0.3) is 0 Å². The maximum atomic E-state index is 12.7. The van der Waals surface area contributed by atoms with Gasteiger partial charge in [-0.15, -0.1) is 12.4 Å². The van der Waals surface area contributed by atoms with Gasteiger partial charge in [-0.3, -0.25) is 4.79 Å². The molecule has 0 atom stereocenters. The molecule has 0 aromatic heterocycles.